The third-order valence-corrected chi connectivity index (χ3v) is 2.14. The molecule has 0 unspecified atom stereocenters. The smallest absolute Gasteiger partial charge is 0.259 e. The maximum absolute atomic E-state index is 12.4. The number of nitrogens with one attached hydrogen (secondary N) is 1. The molecule has 0 saturated heterocycles. The summed E-state index contributed by atoms with van der Waals surface area (Å²) in [4.78, 5) is 3.79. The molecule has 0 aliphatic rings. The van der Waals surface area contributed by atoms with E-state index in [9.17, 15) is 13.2 Å². The molecule has 0 aliphatic carbocycles. The lowest BCUT2D eigenvalue weighted by atomic mass is 10.0. The fraction of sp³-hybridized carbons (Fsp3) is 0.100. The first-order chi connectivity index (χ1) is 8.02. The van der Waals surface area contributed by atoms with E-state index in [-0.39, 0.29) is 17.0 Å². The van der Waals surface area contributed by atoms with Crippen molar-refractivity contribution in [2.24, 2.45) is 0 Å². The average Bonchev–Trinajstić information content (AvgIpc) is 2.80. The molecule has 0 saturated carbocycles. The molecule has 1 aromatic carbocycles. The Morgan fingerprint density at radius 1 is 1.29 bits per heavy atom. The number of aromatic nitrogens is 3. The third-order valence-electron chi connectivity index (χ3n) is 2.14. The van der Waals surface area contributed by atoms with Crippen LogP contribution in [0.25, 0.3) is 11.4 Å². The Morgan fingerprint density at radius 3 is 2.59 bits per heavy atom. The zero-order valence-electron chi connectivity index (χ0n) is 8.28. The van der Waals surface area contributed by atoms with E-state index in [1.807, 2.05) is 0 Å². The minimum atomic E-state index is -4.47. The summed E-state index contributed by atoms with van der Waals surface area (Å²) in [6, 6.07) is 4.60. The van der Waals surface area contributed by atoms with E-state index in [1.54, 1.807) is 6.07 Å². The summed E-state index contributed by atoms with van der Waals surface area (Å²) in [6.45, 7) is 0. The Hall–Kier alpha value is -2.36. The van der Waals surface area contributed by atoms with Crippen molar-refractivity contribution in [2.75, 3.05) is 0 Å². The Morgan fingerprint density at radius 2 is 2.06 bits per heavy atom. The average molecular weight is 238 g/mol. The van der Waals surface area contributed by atoms with Crippen molar-refractivity contribution in [2.45, 2.75) is 6.18 Å². The van der Waals surface area contributed by atoms with Crippen LogP contribution in [0.4, 0.5) is 13.2 Å². The fourth-order valence-corrected chi connectivity index (χ4v) is 1.35. The van der Waals surface area contributed by atoms with E-state index in [0.717, 1.165) is 12.1 Å². The van der Waals surface area contributed by atoms with Gasteiger partial charge in [-0.3, -0.25) is 5.10 Å². The van der Waals surface area contributed by atoms with Gasteiger partial charge in [0.15, 0.2) is 5.82 Å². The first-order valence-corrected chi connectivity index (χ1v) is 4.49. The van der Waals surface area contributed by atoms with Crippen LogP contribution in [0.5, 0.6) is 0 Å². The van der Waals surface area contributed by atoms with Crippen LogP contribution >= 0.6 is 0 Å². The number of hydrogen-bond acceptors (Lipinski definition) is 3. The van der Waals surface area contributed by atoms with Crippen molar-refractivity contribution in [3.05, 3.63) is 35.7 Å². The number of aromatic amines is 1. The molecule has 4 nitrogen and oxygen atoms in total. The Kier molecular flexibility index (Phi) is 2.55. The summed E-state index contributed by atoms with van der Waals surface area (Å²) in [5.41, 5.74) is -0.674. The molecule has 0 atom stereocenters. The van der Waals surface area contributed by atoms with Gasteiger partial charge in [0.1, 0.15) is 6.33 Å². The highest BCUT2D eigenvalue weighted by Gasteiger charge is 2.31. The van der Waals surface area contributed by atoms with Gasteiger partial charge in [0, 0.05) is 5.56 Å². The highest BCUT2D eigenvalue weighted by Crippen LogP contribution is 2.32. The molecule has 1 heterocycles. The quantitative estimate of drug-likeness (QED) is 0.829. The van der Waals surface area contributed by atoms with Crippen molar-refractivity contribution in [3.63, 3.8) is 0 Å². The standard InChI is InChI=1S/C10H5F3N4/c11-10(12,13)7-1-2-8(6(3-7)4-14)9-15-5-16-17-9/h1-3,5H,(H,15,16,17). The first-order valence-electron chi connectivity index (χ1n) is 4.49. The van der Waals surface area contributed by atoms with Crippen molar-refractivity contribution in [1.29, 1.82) is 5.26 Å². The normalized spacial score (nSPS) is 11.2. The first kappa shape index (κ1) is 11.1. The van der Waals surface area contributed by atoms with Gasteiger partial charge in [0.25, 0.3) is 0 Å². The number of nitriles is 1. The van der Waals surface area contributed by atoms with E-state index < -0.39 is 11.7 Å². The Bertz CT molecular complexity index is 566. The lowest BCUT2D eigenvalue weighted by Crippen LogP contribution is -2.05. The van der Waals surface area contributed by atoms with Crippen LogP contribution in [-0.2, 0) is 6.18 Å². The van der Waals surface area contributed by atoms with Crippen LogP contribution < -0.4 is 0 Å². The molecule has 1 N–H and O–H groups in total. The summed E-state index contributed by atoms with van der Waals surface area (Å²) in [7, 11) is 0. The number of nitrogens with zero attached hydrogens (tertiary/aromatic N) is 3. The largest absolute Gasteiger partial charge is 0.416 e. The molecule has 86 valence electrons. The van der Waals surface area contributed by atoms with Gasteiger partial charge < -0.3 is 0 Å². The van der Waals surface area contributed by atoms with Crippen LogP contribution in [0.15, 0.2) is 24.5 Å². The van der Waals surface area contributed by atoms with Crippen molar-refractivity contribution >= 4 is 0 Å². The SMILES string of the molecule is N#Cc1cc(C(F)(F)F)ccc1-c1ncn[nH]1. The molecular weight excluding hydrogens is 233 g/mol. The second kappa shape index (κ2) is 3.90. The summed E-state index contributed by atoms with van der Waals surface area (Å²) >= 11 is 0. The van der Waals surface area contributed by atoms with Crippen LogP contribution in [-0.4, -0.2) is 15.2 Å². The van der Waals surface area contributed by atoms with Gasteiger partial charge >= 0.3 is 6.18 Å². The highest BCUT2D eigenvalue weighted by molar-refractivity contribution is 5.64. The number of halogens is 3. The van der Waals surface area contributed by atoms with E-state index in [1.165, 1.54) is 12.4 Å². The summed E-state index contributed by atoms with van der Waals surface area (Å²) < 4.78 is 37.3. The minimum absolute atomic E-state index is 0.100. The zero-order chi connectivity index (χ0) is 12.5. The van der Waals surface area contributed by atoms with Gasteiger partial charge in [-0.25, -0.2) is 4.98 Å². The lowest BCUT2D eigenvalue weighted by molar-refractivity contribution is -0.137. The molecule has 2 aromatic rings. The predicted octanol–water partition coefficient (Wildman–Crippen LogP) is 2.36. The van der Waals surface area contributed by atoms with Crippen molar-refractivity contribution < 1.29 is 13.2 Å². The Balaban J connectivity index is 2.55. The van der Waals surface area contributed by atoms with Gasteiger partial charge in [-0.15, -0.1) is 0 Å². The van der Waals surface area contributed by atoms with Gasteiger partial charge in [-0.05, 0) is 18.2 Å². The van der Waals surface area contributed by atoms with Gasteiger partial charge in [-0.2, -0.15) is 23.5 Å². The second-order valence-electron chi connectivity index (χ2n) is 3.20. The van der Waals surface area contributed by atoms with Crippen LogP contribution in [0.1, 0.15) is 11.1 Å². The van der Waals surface area contributed by atoms with Crippen LogP contribution in [0.2, 0.25) is 0 Å². The molecule has 0 amide bonds. The van der Waals surface area contributed by atoms with Crippen molar-refractivity contribution in [1.82, 2.24) is 15.2 Å². The summed E-state index contributed by atoms with van der Waals surface area (Å²) in [5.74, 6) is 0.260. The molecule has 0 bridgehead atoms. The van der Waals surface area contributed by atoms with E-state index in [4.69, 9.17) is 5.26 Å². The number of rotatable bonds is 1. The summed E-state index contributed by atoms with van der Waals surface area (Å²) in [6.07, 6.45) is -3.25. The number of hydrogen-bond donors (Lipinski definition) is 1. The fourth-order valence-electron chi connectivity index (χ4n) is 1.35. The molecule has 0 radical (unpaired) electrons. The maximum Gasteiger partial charge on any atom is 0.416 e. The molecule has 1 aromatic heterocycles. The highest BCUT2D eigenvalue weighted by atomic mass is 19.4. The monoisotopic (exact) mass is 238 g/mol. The molecule has 0 fully saturated rings. The molecular formula is C10H5F3N4. The minimum Gasteiger partial charge on any atom is -0.259 e. The van der Waals surface area contributed by atoms with Crippen LogP contribution in [0.3, 0.4) is 0 Å². The lowest BCUT2D eigenvalue weighted by Gasteiger charge is -2.08. The third kappa shape index (κ3) is 2.10. The molecule has 0 spiro atoms. The number of benzene rings is 1. The number of H-pyrrole nitrogens is 1. The van der Waals surface area contributed by atoms with Gasteiger partial charge in [0.2, 0.25) is 0 Å². The molecule has 2 rings (SSSR count). The van der Waals surface area contributed by atoms with Crippen LogP contribution in [0, 0.1) is 11.3 Å². The van der Waals surface area contributed by atoms with E-state index in [0.29, 0.717) is 0 Å². The zero-order valence-corrected chi connectivity index (χ0v) is 8.28. The molecule has 17 heavy (non-hydrogen) atoms. The topological polar surface area (TPSA) is 65.4 Å². The number of alkyl halides is 3. The van der Waals surface area contributed by atoms with E-state index >= 15 is 0 Å². The van der Waals surface area contributed by atoms with Gasteiger partial charge in [-0.1, -0.05) is 0 Å². The maximum atomic E-state index is 12.4. The molecule has 0 aliphatic heterocycles. The Labute approximate surface area is 93.7 Å². The van der Waals surface area contributed by atoms with Crippen molar-refractivity contribution in [3.8, 4) is 17.5 Å². The predicted molar refractivity (Wildman–Crippen MR) is 51.5 cm³/mol. The molecule has 7 heteroatoms. The van der Waals surface area contributed by atoms with E-state index in [2.05, 4.69) is 15.2 Å². The second-order valence-corrected chi connectivity index (χ2v) is 3.20. The van der Waals surface area contributed by atoms with Gasteiger partial charge in [0.05, 0.1) is 17.2 Å². The summed E-state index contributed by atoms with van der Waals surface area (Å²) in [5, 5.41) is 14.9.